The van der Waals surface area contributed by atoms with Gasteiger partial charge in [0.05, 0.1) is 12.8 Å². The minimum Gasteiger partial charge on any atom is -0.444 e. The van der Waals surface area contributed by atoms with Crippen LogP contribution in [0, 0.1) is 0 Å². The van der Waals surface area contributed by atoms with Crippen molar-refractivity contribution < 1.29 is 27.5 Å². The second-order valence-electron chi connectivity index (χ2n) is 12.9. The highest BCUT2D eigenvalue weighted by Gasteiger charge is 2.39. The first-order chi connectivity index (χ1) is 23.5. The van der Waals surface area contributed by atoms with E-state index in [0.717, 1.165) is 27.3 Å². The Labute approximate surface area is 304 Å². The zero-order chi connectivity index (χ0) is 37.8. The summed E-state index contributed by atoms with van der Waals surface area (Å²) in [5, 5.41) is 3.52. The van der Waals surface area contributed by atoms with Gasteiger partial charge < -0.3 is 15.0 Å². The minimum absolute atomic E-state index is 0.127. The van der Waals surface area contributed by atoms with Crippen LogP contribution in [0.15, 0.2) is 85.3 Å². The molecule has 2 aliphatic rings. The molecular weight excluding hydrogens is 678 g/mol. The molecule has 0 aromatic heterocycles. The topological polar surface area (TPSA) is 120 Å². The summed E-state index contributed by atoms with van der Waals surface area (Å²) in [5.74, 6) is -0.741. The molecule has 1 aromatic rings. The van der Waals surface area contributed by atoms with Gasteiger partial charge >= 0.3 is 6.09 Å². The van der Waals surface area contributed by atoms with Crippen LogP contribution in [0.4, 0.5) is 4.79 Å². The molecular formula is C37H54ClN5O6S. The monoisotopic (exact) mass is 731 g/mol. The summed E-state index contributed by atoms with van der Waals surface area (Å²) >= 11 is 6.11. The van der Waals surface area contributed by atoms with Crippen molar-refractivity contribution in [1.29, 1.82) is 0 Å². The van der Waals surface area contributed by atoms with Crippen LogP contribution in [-0.4, -0.2) is 109 Å². The second-order valence-corrected chi connectivity index (χ2v) is 15.2. The van der Waals surface area contributed by atoms with Crippen molar-refractivity contribution in [3.63, 3.8) is 0 Å². The fourth-order valence-electron chi connectivity index (χ4n) is 5.66. The Kier molecular flexibility index (Phi) is 16.0. The number of amides is 3. The molecule has 1 fully saturated rings. The molecule has 2 heterocycles. The number of rotatable bonds is 12. The van der Waals surface area contributed by atoms with Crippen molar-refractivity contribution in [2.45, 2.75) is 72.1 Å². The van der Waals surface area contributed by atoms with Gasteiger partial charge in [-0.2, -0.15) is 0 Å². The molecule has 1 saturated heterocycles. The third-order valence-corrected chi connectivity index (χ3v) is 9.35. The van der Waals surface area contributed by atoms with Crippen molar-refractivity contribution in [3.05, 3.63) is 95.9 Å². The summed E-state index contributed by atoms with van der Waals surface area (Å²) in [5.41, 5.74) is 2.06. The van der Waals surface area contributed by atoms with Crippen molar-refractivity contribution >= 4 is 39.5 Å². The zero-order valence-electron chi connectivity index (χ0n) is 30.6. The van der Waals surface area contributed by atoms with Gasteiger partial charge in [-0.05, 0) is 56.5 Å². The van der Waals surface area contributed by atoms with E-state index >= 15 is 0 Å². The van der Waals surface area contributed by atoms with Crippen LogP contribution >= 0.6 is 11.6 Å². The summed E-state index contributed by atoms with van der Waals surface area (Å²) in [4.78, 5) is 46.7. The molecule has 0 saturated carbocycles. The number of hydrogen-bond donors (Lipinski definition) is 1. The normalized spacial score (nSPS) is 17.7. The number of nitrogens with zero attached hydrogens (tertiary/aromatic N) is 4. The predicted molar refractivity (Wildman–Crippen MR) is 201 cm³/mol. The van der Waals surface area contributed by atoms with E-state index in [1.54, 1.807) is 43.9 Å². The second kappa shape index (κ2) is 18.9. The quantitative estimate of drug-likeness (QED) is 0.301. The van der Waals surface area contributed by atoms with Crippen LogP contribution in [0.5, 0.6) is 0 Å². The largest absolute Gasteiger partial charge is 0.444 e. The molecule has 1 aromatic carbocycles. The molecule has 3 rings (SSSR count). The minimum atomic E-state index is -3.55. The van der Waals surface area contributed by atoms with Crippen LogP contribution in [0.1, 0.15) is 53.5 Å². The lowest BCUT2D eigenvalue weighted by atomic mass is 9.92. The first-order valence-corrected chi connectivity index (χ1v) is 19.0. The van der Waals surface area contributed by atoms with Gasteiger partial charge in [-0.15, -0.1) is 0 Å². The Hall–Kier alpha value is -3.87. The number of carbonyl (C=O) groups excluding carboxylic acids is 3. The number of nitrogens with one attached hydrogen (secondary N) is 1. The summed E-state index contributed by atoms with van der Waals surface area (Å²) in [6, 6.07) is 5.21. The lowest BCUT2D eigenvalue weighted by Crippen LogP contribution is -2.59. The van der Waals surface area contributed by atoms with Gasteiger partial charge in [-0.3, -0.25) is 19.4 Å². The molecule has 2 aliphatic heterocycles. The number of carbonyl (C=O) groups is 3. The van der Waals surface area contributed by atoms with E-state index in [0.29, 0.717) is 36.9 Å². The molecule has 50 heavy (non-hydrogen) atoms. The molecule has 3 amide bonds. The maximum absolute atomic E-state index is 14.1. The van der Waals surface area contributed by atoms with E-state index in [1.807, 2.05) is 50.0 Å². The summed E-state index contributed by atoms with van der Waals surface area (Å²) in [7, 11) is -3.55. The maximum Gasteiger partial charge on any atom is 0.411 e. The van der Waals surface area contributed by atoms with Crippen LogP contribution in [0.2, 0.25) is 5.02 Å². The van der Waals surface area contributed by atoms with E-state index < -0.39 is 39.7 Å². The number of benzene rings is 1. The highest BCUT2D eigenvalue weighted by atomic mass is 35.5. The third kappa shape index (κ3) is 12.2. The first kappa shape index (κ1) is 42.3. The van der Waals surface area contributed by atoms with Crippen LogP contribution in [0.25, 0.3) is 0 Å². The fraction of sp³-hybridized carbons (Fsp3) is 0.486. The van der Waals surface area contributed by atoms with E-state index in [4.69, 9.17) is 16.3 Å². The van der Waals surface area contributed by atoms with E-state index in [2.05, 4.69) is 25.1 Å². The lowest BCUT2D eigenvalue weighted by Gasteiger charge is -2.39. The molecule has 276 valence electrons. The lowest BCUT2D eigenvalue weighted by molar-refractivity contribution is -0.139. The van der Waals surface area contributed by atoms with Crippen LogP contribution in [-0.2, 0) is 30.8 Å². The average molecular weight is 732 g/mol. The van der Waals surface area contributed by atoms with E-state index in [-0.39, 0.29) is 31.8 Å². The molecule has 0 bridgehead atoms. The molecule has 1 N–H and O–H groups in total. The van der Waals surface area contributed by atoms with Gasteiger partial charge in [0, 0.05) is 62.5 Å². The highest BCUT2D eigenvalue weighted by Crippen LogP contribution is 2.28. The molecule has 0 aliphatic carbocycles. The Morgan fingerprint density at radius 3 is 2.18 bits per heavy atom. The first-order valence-electron chi connectivity index (χ1n) is 16.8. The van der Waals surface area contributed by atoms with Gasteiger partial charge in [-0.1, -0.05) is 75.5 Å². The van der Waals surface area contributed by atoms with E-state index in [1.165, 1.54) is 11.1 Å². The number of allylic oxidation sites excluding steroid dienone is 2. The van der Waals surface area contributed by atoms with Crippen LogP contribution in [0.3, 0.4) is 0 Å². The summed E-state index contributed by atoms with van der Waals surface area (Å²) in [6.45, 7) is 24.6. The summed E-state index contributed by atoms with van der Waals surface area (Å²) < 4.78 is 30.9. The third-order valence-electron chi connectivity index (χ3n) is 7.98. The molecule has 0 radical (unpaired) electrons. The Morgan fingerprint density at radius 2 is 1.68 bits per heavy atom. The molecule has 2 unspecified atom stereocenters. The van der Waals surface area contributed by atoms with E-state index in [9.17, 15) is 22.8 Å². The predicted octanol–water partition coefficient (Wildman–Crippen LogP) is 5.52. The smallest absolute Gasteiger partial charge is 0.411 e. The number of halogens is 1. The Morgan fingerprint density at radius 1 is 1.08 bits per heavy atom. The standard InChI is InChI=1S/C35H48ClN5O6S.C2H6/c1-9-12-28-22-31(40(24-27(28)10-2)34(44)47-35(5,6)7)32(42)37-30(21-26-13-15-29(36)16-14-26)33(43)39-19-17-38(18-20-39)23-25(4)41(11-3)48(8,45)46;1-2/h9-16,30-31H,2-4,17-24H2,1,5-8H3,(H,37,42);1-2H3/b12-9-;. The summed E-state index contributed by atoms with van der Waals surface area (Å²) in [6.07, 6.45) is 7.54. The fourth-order valence-corrected chi connectivity index (χ4v) is 6.58. The molecule has 0 spiro atoms. The maximum atomic E-state index is 14.1. The number of hydrogen-bond acceptors (Lipinski definition) is 7. The molecule has 2 atom stereocenters. The zero-order valence-corrected chi connectivity index (χ0v) is 32.1. The SMILES string of the molecule is C=CC1=C(/C=C\C)CC(C(=O)NC(Cc2ccc(Cl)cc2)C(=O)N2CCN(CC(=C)N(C=C)S(C)(=O)=O)CC2)N(C(=O)OC(C)(C)C)C1.CC. The molecule has 11 nitrogen and oxygen atoms in total. The number of ether oxygens (including phenoxy) is 1. The Balaban J connectivity index is 0.00000425. The van der Waals surface area contributed by atoms with Crippen molar-refractivity contribution in [2.75, 3.05) is 45.5 Å². The van der Waals surface area contributed by atoms with Gasteiger partial charge in [-0.25, -0.2) is 17.5 Å². The van der Waals surface area contributed by atoms with Gasteiger partial charge in [0.1, 0.15) is 17.7 Å². The van der Waals surface area contributed by atoms with Gasteiger partial charge in [0.2, 0.25) is 21.8 Å². The number of piperazine rings is 1. The Bertz CT molecular complexity index is 1560. The van der Waals surface area contributed by atoms with Gasteiger partial charge in [0.25, 0.3) is 0 Å². The van der Waals surface area contributed by atoms with Crippen LogP contribution < -0.4 is 5.32 Å². The molecule has 13 heteroatoms. The average Bonchev–Trinajstić information content (AvgIpc) is 3.05. The van der Waals surface area contributed by atoms with Crippen molar-refractivity contribution in [2.24, 2.45) is 0 Å². The number of sulfonamides is 1. The van der Waals surface area contributed by atoms with Crippen molar-refractivity contribution in [1.82, 2.24) is 24.3 Å². The highest BCUT2D eigenvalue weighted by molar-refractivity contribution is 7.88. The van der Waals surface area contributed by atoms with Crippen molar-refractivity contribution in [3.8, 4) is 0 Å². The van der Waals surface area contributed by atoms with Gasteiger partial charge in [0.15, 0.2) is 0 Å².